The highest BCUT2D eigenvalue weighted by Gasteiger charge is 2.09. The number of nitrogens with zero attached hydrogens (tertiary/aromatic N) is 2. The molecule has 3 nitrogen and oxygen atoms in total. The molecule has 0 aliphatic carbocycles. The van der Waals surface area contributed by atoms with Crippen LogP contribution in [0.25, 0.3) is 10.6 Å². The van der Waals surface area contributed by atoms with E-state index in [9.17, 15) is 8.78 Å². The Kier molecular flexibility index (Phi) is 3.98. The van der Waals surface area contributed by atoms with Crippen LogP contribution < -0.4 is 5.32 Å². The van der Waals surface area contributed by atoms with Crippen molar-refractivity contribution in [3.8, 4) is 10.6 Å². The van der Waals surface area contributed by atoms with Crippen molar-refractivity contribution >= 4 is 11.3 Å². The summed E-state index contributed by atoms with van der Waals surface area (Å²) in [5.74, 6) is -1.22. The maximum atomic E-state index is 13.1. The van der Waals surface area contributed by atoms with Gasteiger partial charge in [-0.05, 0) is 12.1 Å². The first-order chi connectivity index (χ1) is 8.54. The van der Waals surface area contributed by atoms with Crippen LogP contribution in [0.2, 0.25) is 0 Å². The summed E-state index contributed by atoms with van der Waals surface area (Å²) >= 11 is 1.33. The van der Waals surface area contributed by atoms with Gasteiger partial charge in [0.25, 0.3) is 0 Å². The van der Waals surface area contributed by atoms with Crippen molar-refractivity contribution in [3.05, 3.63) is 34.8 Å². The molecule has 1 heterocycles. The zero-order valence-electron chi connectivity index (χ0n) is 10.1. The van der Waals surface area contributed by atoms with Gasteiger partial charge in [-0.3, -0.25) is 0 Å². The van der Waals surface area contributed by atoms with Gasteiger partial charge in [0.1, 0.15) is 21.6 Å². The first-order valence-corrected chi connectivity index (χ1v) is 6.38. The molecule has 0 aliphatic heterocycles. The average molecular weight is 269 g/mol. The van der Waals surface area contributed by atoms with E-state index in [2.05, 4.69) is 15.5 Å². The lowest BCUT2D eigenvalue weighted by Gasteiger charge is -2.03. The summed E-state index contributed by atoms with van der Waals surface area (Å²) in [5, 5.41) is 12.5. The van der Waals surface area contributed by atoms with Gasteiger partial charge < -0.3 is 5.32 Å². The van der Waals surface area contributed by atoms with E-state index in [1.807, 2.05) is 13.8 Å². The van der Waals surface area contributed by atoms with E-state index in [4.69, 9.17) is 0 Å². The summed E-state index contributed by atoms with van der Waals surface area (Å²) in [6, 6.07) is 3.70. The second-order valence-electron chi connectivity index (χ2n) is 4.19. The normalized spacial score (nSPS) is 11.2. The number of halogens is 2. The SMILES string of the molecule is CC(C)NCc1nnc(-c2cc(F)cc(F)c2)s1. The van der Waals surface area contributed by atoms with E-state index in [0.29, 0.717) is 23.2 Å². The zero-order valence-corrected chi connectivity index (χ0v) is 10.9. The molecule has 0 unspecified atom stereocenters. The third-order valence-electron chi connectivity index (χ3n) is 2.24. The van der Waals surface area contributed by atoms with Crippen molar-refractivity contribution in [1.82, 2.24) is 15.5 Å². The van der Waals surface area contributed by atoms with Gasteiger partial charge in [-0.25, -0.2) is 8.78 Å². The Balaban J connectivity index is 2.18. The molecule has 0 amide bonds. The third-order valence-corrected chi connectivity index (χ3v) is 3.21. The summed E-state index contributed by atoms with van der Waals surface area (Å²) in [4.78, 5) is 0. The zero-order chi connectivity index (χ0) is 13.1. The monoisotopic (exact) mass is 269 g/mol. The highest BCUT2D eigenvalue weighted by Crippen LogP contribution is 2.25. The molecule has 96 valence electrons. The number of hydrogen-bond acceptors (Lipinski definition) is 4. The highest BCUT2D eigenvalue weighted by molar-refractivity contribution is 7.14. The lowest BCUT2D eigenvalue weighted by Crippen LogP contribution is -2.21. The molecule has 0 atom stereocenters. The molecule has 1 N–H and O–H groups in total. The molecule has 18 heavy (non-hydrogen) atoms. The summed E-state index contributed by atoms with van der Waals surface area (Å²) in [6.45, 7) is 4.67. The van der Waals surface area contributed by atoms with Crippen molar-refractivity contribution in [2.75, 3.05) is 0 Å². The molecule has 0 bridgehead atoms. The van der Waals surface area contributed by atoms with Crippen LogP contribution in [0.1, 0.15) is 18.9 Å². The Morgan fingerprint density at radius 1 is 1.17 bits per heavy atom. The summed E-state index contributed by atoms with van der Waals surface area (Å²) in [6.07, 6.45) is 0. The molecule has 0 fully saturated rings. The quantitative estimate of drug-likeness (QED) is 0.927. The molecular formula is C12H13F2N3S. The predicted octanol–water partition coefficient (Wildman–Crippen LogP) is 2.98. The molecule has 0 spiro atoms. The first kappa shape index (κ1) is 13.0. The Bertz CT molecular complexity index is 520. The minimum atomic E-state index is -0.609. The van der Waals surface area contributed by atoms with Crippen LogP contribution in [-0.4, -0.2) is 16.2 Å². The molecule has 6 heteroatoms. The molecule has 0 saturated heterocycles. The number of hydrogen-bond donors (Lipinski definition) is 1. The smallest absolute Gasteiger partial charge is 0.148 e. The van der Waals surface area contributed by atoms with Crippen molar-refractivity contribution in [2.45, 2.75) is 26.4 Å². The number of nitrogens with one attached hydrogen (secondary N) is 1. The van der Waals surface area contributed by atoms with Gasteiger partial charge in [-0.2, -0.15) is 0 Å². The van der Waals surface area contributed by atoms with Crippen molar-refractivity contribution in [1.29, 1.82) is 0 Å². The second-order valence-corrected chi connectivity index (χ2v) is 5.26. The molecule has 0 aliphatic rings. The number of benzene rings is 1. The van der Waals surface area contributed by atoms with Crippen molar-refractivity contribution in [3.63, 3.8) is 0 Å². The van der Waals surface area contributed by atoms with Crippen LogP contribution in [0.15, 0.2) is 18.2 Å². The maximum Gasteiger partial charge on any atom is 0.148 e. The van der Waals surface area contributed by atoms with Crippen LogP contribution in [-0.2, 0) is 6.54 Å². The number of rotatable bonds is 4. The van der Waals surface area contributed by atoms with E-state index in [1.165, 1.54) is 23.5 Å². The van der Waals surface area contributed by atoms with E-state index in [1.54, 1.807) is 0 Å². The van der Waals surface area contributed by atoms with Gasteiger partial charge in [0.15, 0.2) is 0 Å². The fourth-order valence-electron chi connectivity index (χ4n) is 1.41. The summed E-state index contributed by atoms with van der Waals surface area (Å²) < 4.78 is 26.2. The largest absolute Gasteiger partial charge is 0.308 e. The Morgan fingerprint density at radius 2 is 1.83 bits per heavy atom. The fourth-order valence-corrected chi connectivity index (χ4v) is 2.19. The molecule has 2 aromatic rings. The molecule has 1 aromatic heterocycles. The minimum Gasteiger partial charge on any atom is -0.308 e. The maximum absolute atomic E-state index is 13.1. The van der Waals surface area contributed by atoms with E-state index in [0.717, 1.165) is 11.1 Å². The Morgan fingerprint density at radius 3 is 2.44 bits per heavy atom. The predicted molar refractivity (Wildman–Crippen MR) is 67.2 cm³/mol. The van der Waals surface area contributed by atoms with E-state index < -0.39 is 11.6 Å². The molecule has 1 aromatic carbocycles. The van der Waals surface area contributed by atoms with Gasteiger partial charge >= 0.3 is 0 Å². The molecule has 0 saturated carbocycles. The standard InChI is InChI=1S/C12H13F2N3S/c1-7(2)15-6-11-16-17-12(18-11)8-3-9(13)5-10(14)4-8/h3-5,7,15H,6H2,1-2H3. The minimum absolute atomic E-state index is 0.351. The lowest BCUT2D eigenvalue weighted by molar-refractivity contribution is 0.583. The third kappa shape index (κ3) is 3.30. The van der Waals surface area contributed by atoms with Crippen LogP contribution in [0, 0.1) is 11.6 Å². The van der Waals surface area contributed by atoms with Crippen LogP contribution in [0.5, 0.6) is 0 Å². The summed E-state index contributed by atoms with van der Waals surface area (Å²) in [5.41, 5.74) is 0.417. The topological polar surface area (TPSA) is 37.8 Å². The highest BCUT2D eigenvalue weighted by atomic mass is 32.1. The van der Waals surface area contributed by atoms with Crippen molar-refractivity contribution in [2.24, 2.45) is 0 Å². The molecular weight excluding hydrogens is 256 g/mol. The first-order valence-electron chi connectivity index (χ1n) is 5.57. The Hall–Kier alpha value is -1.40. The average Bonchev–Trinajstić information content (AvgIpc) is 2.73. The second kappa shape index (κ2) is 5.49. The van der Waals surface area contributed by atoms with Gasteiger partial charge in [0.05, 0.1) is 0 Å². The Labute approximate surface area is 108 Å². The molecule has 2 rings (SSSR count). The van der Waals surface area contributed by atoms with Gasteiger partial charge in [-0.1, -0.05) is 25.2 Å². The van der Waals surface area contributed by atoms with E-state index >= 15 is 0 Å². The van der Waals surface area contributed by atoms with Crippen molar-refractivity contribution < 1.29 is 8.78 Å². The van der Waals surface area contributed by atoms with Crippen LogP contribution in [0.4, 0.5) is 8.78 Å². The lowest BCUT2D eigenvalue weighted by atomic mass is 10.2. The van der Waals surface area contributed by atoms with Gasteiger partial charge in [0.2, 0.25) is 0 Å². The summed E-state index contributed by atoms with van der Waals surface area (Å²) in [7, 11) is 0. The van der Waals surface area contributed by atoms with Crippen LogP contribution >= 0.6 is 11.3 Å². The van der Waals surface area contributed by atoms with Crippen LogP contribution in [0.3, 0.4) is 0 Å². The number of aromatic nitrogens is 2. The van der Waals surface area contributed by atoms with Gasteiger partial charge in [-0.15, -0.1) is 10.2 Å². The van der Waals surface area contributed by atoms with Gasteiger partial charge in [0, 0.05) is 24.2 Å². The molecule has 0 radical (unpaired) electrons. The van der Waals surface area contributed by atoms with E-state index in [-0.39, 0.29) is 0 Å². The fraction of sp³-hybridized carbons (Fsp3) is 0.333.